The Kier molecular flexibility index (Phi) is 5.22. The monoisotopic (exact) mass is 414 g/mol. The Labute approximate surface area is 168 Å². The maximum atomic E-state index is 3.67. The summed E-state index contributed by atoms with van der Waals surface area (Å²) in [5.74, 6) is 0. The van der Waals surface area contributed by atoms with Crippen molar-refractivity contribution in [2.45, 2.75) is 0 Å². The topological polar surface area (TPSA) is 15.3 Å². The number of hydrogen-bond acceptors (Lipinski definition) is 2. The van der Waals surface area contributed by atoms with Crippen LogP contribution in [0.2, 0.25) is 0 Å². The summed E-state index contributed by atoms with van der Waals surface area (Å²) in [7, 11) is 0. The minimum atomic E-state index is 1.02. The van der Waals surface area contributed by atoms with Crippen molar-refractivity contribution in [1.29, 1.82) is 0 Å². The highest BCUT2D eigenvalue weighted by atomic mass is 79.9. The van der Waals surface area contributed by atoms with Gasteiger partial charge in [-0.05, 0) is 70.5 Å². The molecule has 0 spiro atoms. The number of nitrogens with zero attached hydrogens (tertiary/aromatic N) is 1. The molecule has 1 N–H and O–H groups in total. The van der Waals surface area contributed by atoms with Gasteiger partial charge in [0.25, 0.3) is 0 Å². The minimum Gasteiger partial charge on any atom is -0.355 e. The maximum Gasteiger partial charge on any atom is 0.0549 e. The number of nitrogens with one attached hydrogen (secondary N) is 1. The molecule has 0 aromatic heterocycles. The highest BCUT2D eigenvalue weighted by Gasteiger charge is 2.13. The summed E-state index contributed by atoms with van der Waals surface area (Å²) in [5.41, 5.74) is 5.42. The van der Waals surface area contributed by atoms with Gasteiger partial charge in [0.15, 0.2) is 0 Å². The lowest BCUT2D eigenvalue weighted by Gasteiger charge is -2.26. The second kappa shape index (κ2) is 8.11. The van der Waals surface area contributed by atoms with Crippen LogP contribution < -0.4 is 10.2 Å². The number of anilines is 5. The smallest absolute Gasteiger partial charge is 0.0549 e. The van der Waals surface area contributed by atoms with Gasteiger partial charge in [-0.15, -0.1) is 0 Å². The van der Waals surface area contributed by atoms with Crippen LogP contribution >= 0.6 is 15.9 Å². The van der Waals surface area contributed by atoms with Gasteiger partial charge in [-0.25, -0.2) is 0 Å². The lowest BCUT2D eigenvalue weighted by atomic mass is 10.1. The second-order valence-corrected chi connectivity index (χ2v) is 7.02. The molecule has 0 aliphatic rings. The van der Waals surface area contributed by atoms with Crippen LogP contribution in [0.15, 0.2) is 114 Å². The highest BCUT2D eigenvalue weighted by Crippen LogP contribution is 2.38. The lowest BCUT2D eigenvalue weighted by Crippen LogP contribution is -2.10. The van der Waals surface area contributed by atoms with Crippen molar-refractivity contribution in [1.82, 2.24) is 0 Å². The molecule has 132 valence electrons. The summed E-state index contributed by atoms with van der Waals surface area (Å²) in [6.45, 7) is 0. The molecule has 4 aromatic carbocycles. The molecule has 0 aliphatic carbocycles. The third kappa shape index (κ3) is 4.04. The summed E-state index contributed by atoms with van der Waals surface area (Å²) in [4.78, 5) is 2.25. The standard InChI is InChI=1S/C24H19BrN2/c25-23-17-16-22(18-24(23)26-19-10-4-1-5-11-19)27(20-12-6-2-7-13-20)21-14-8-3-9-15-21/h1-18,26H. The van der Waals surface area contributed by atoms with Gasteiger partial charge in [0.2, 0.25) is 0 Å². The Balaban J connectivity index is 1.78. The minimum absolute atomic E-state index is 1.02. The van der Waals surface area contributed by atoms with E-state index in [4.69, 9.17) is 0 Å². The Morgan fingerprint density at radius 2 is 1.07 bits per heavy atom. The van der Waals surface area contributed by atoms with Gasteiger partial charge in [-0.1, -0.05) is 54.6 Å². The Hall–Kier alpha value is -3.04. The predicted octanol–water partition coefficient (Wildman–Crippen LogP) is 7.66. The summed E-state index contributed by atoms with van der Waals surface area (Å²) >= 11 is 3.67. The fourth-order valence-electron chi connectivity index (χ4n) is 3.03. The largest absolute Gasteiger partial charge is 0.355 e. The van der Waals surface area contributed by atoms with Crippen molar-refractivity contribution < 1.29 is 0 Å². The Bertz CT molecular complexity index is 963. The van der Waals surface area contributed by atoms with Gasteiger partial charge >= 0.3 is 0 Å². The van der Waals surface area contributed by atoms with Gasteiger partial charge < -0.3 is 10.2 Å². The molecule has 2 nitrogen and oxygen atoms in total. The third-order valence-electron chi connectivity index (χ3n) is 4.29. The van der Waals surface area contributed by atoms with Gasteiger partial charge in [-0.3, -0.25) is 0 Å². The highest BCUT2D eigenvalue weighted by molar-refractivity contribution is 9.10. The normalized spacial score (nSPS) is 10.4. The van der Waals surface area contributed by atoms with Crippen molar-refractivity contribution in [2.24, 2.45) is 0 Å². The molecular formula is C24H19BrN2. The van der Waals surface area contributed by atoms with E-state index in [1.807, 2.05) is 30.3 Å². The summed E-state index contributed by atoms with van der Waals surface area (Å²) in [6, 6.07) is 37.4. The maximum absolute atomic E-state index is 3.67. The molecule has 0 atom stereocenters. The van der Waals surface area contributed by atoms with E-state index in [1.54, 1.807) is 0 Å². The van der Waals surface area contributed by atoms with E-state index in [9.17, 15) is 0 Å². The quantitative estimate of drug-likeness (QED) is 0.360. The first-order valence-corrected chi connectivity index (χ1v) is 9.62. The second-order valence-electron chi connectivity index (χ2n) is 6.16. The number of benzene rings is 4. The summed E-state index contributed by atoms with van der Waals surface area (Å²) < 4.78 is 1.02. The average Bonchev–Trinajstić information content (AvgIpc) is 2.73. The van der Waals surface area contributed by atoms with Gasteiger partial charge in [0.05, 0.1) is 5.69 Å². The predicted molar refractivity (Wildman–Crippen MR) is 119 cm³/mol. The van der Waals surface area contributed by atoms with Crippen LogP contribution in [0.4, 0.5) is 28.4 Å². The molecule has 0 bridgehead atoms. The Morgan fingerprint density at radius 1 is 0.556 bits per heavy atom. The number of para-hydroxylation sites is 3. The van der Waals surface area contributed by atoms with E-state index in [2.05, 4.69) is 105 Å². The van der Waals surface area contributed by atoms with E-state index < -0.39 is 0 Å². The number of rotatable bonds is 5. The molecule has 27 heavy (non-hydrogen) atoms. The van der Waals surface area contributed by atoms with Crippen LogP contribution in [-0.2, 0) is 0 Å². The molecule has 0 radical (unpaired) electrons. The van der Waals surface area contributed by atoms with Crippen molar-refractivity contribution in [2.75, 3.05) is 10.2 Å². The zero-order valence-electron chi connectivity index (χ0n) is 14.7. The average molecular weight is 415 g/mol. The Morgan fingerprint density at radius 3 is 1.63 bits per heavy atom. The first-order valence-electron chi connectivity index (χ1n) is 8.83. The lowest BCUT2D eigenvalue weighted by molar-refractivity contribution is 1.28. The summed E-state index contributed by atoms with van der Waals surface area (Å²) in [6.07, 6.45) is 0. The molecule has 0 amide bonds. The van der Waals surface area contributed by atoms with Gasteiger partial charge in [0.1, 0.15) is 0 Å². The van der Waals surface area contributed by atoms with Crippen LogP contribution in [0.3, 0.4) is 0 Å². The molecule has 0 saturated heterocycles. The van der Waals surface area contributed by atoms with Gasteiger partial charge in [0, 0.05) is 27.2 Å². The van der Waals surface area contributed by atoms with Crippen LogP contribution in [0.5, 0.6) is 0 Å². The molecule has 0 saturated carbocycles. The SMILES string of the molecule is Brc1ccc(N(c2ccccc2)c2ccccc2)cc1Nc1ccccc1. The van der Waals surface area contributed by atoms with Crippen LogP contribution in [0.1, 0.15) is 0 Å². The fourth-order valence-corrected chi connectivity index (χ4v) is 3.37. The van der Waals surface area contributed by atoms with E-state index in [1.165, 1.54) is 0 Å². The summed E-state index contributed by atoms with van der Waals surface area (Å²) in [5, 5.41) is 3.50. The first kappa shape index (κ1) is 17.4. The van der Waals surface area contributed by atoms with Gasteiger partial charge in [-0.2, -0.15) is 0 Å². The zero-order valence-corrected chi connectivity index (χ0v) is 16.3. The number of halogens is 1. The van der Waals surface area contributed by atoms with Crippen LogP contribution in [0.25, 0.3) is 0 Å². The van der Waals surface area contributed by atoms with E-state index in [0.29, 0.717) is 0 Å². The van der Waals surface area contributed by atoms with Crippen molar-refractivity contribution in [3.63, 3.8) is 0 Å². The van der Waals surface area contributed by atoms with Crippen molar-refractivity contribution in [3.8, 4) is 0 Å². The van der Waals surface area contributed by atoms with Crippen molar-refractivity contribution >= 4 is 44.4 Å². The zero-order chi connectivity index (χ0) is 18.5. The molecule has 0 aliphatic heterocycles. The molecule has 0 heterocycles. The molecular weight excluding hydrogens is 396 g/mol. The first-order chi connectivity index (χ1) is 13.3. The van der Waals surface area contributed by atoms with Crippen LogP contribution in [0, 0.1) is 0 Å². The van der Waals surface area contributed by atoms with E-state index in [-0.39, 0.29) is 0 Å². The molecule has 3 heteroatoms. The van der Waals surface area contributed by atoms with Crippen LogP contribution in [-0.4, -0.2) is 0 Å². The van der Waals surface area contributed by atoms with Crippen molar-refractivity contribution in [3.05, 3.63) is 114 Å². The molecule has 4 aromatic rings. The molecule has 0 unspecified atom stereocenters. The van der Waals surface area contributed by atoms with E-state index >= 15 is 0 Å². The molecule has 0 fully saturated rings. The fraction of sp³-hybridized carbons (Fsp3) is 0. The van der Waals surface area contributed by atoms with E-state index in [0.717, 1.165) is 32.9 Å². The third-order valence-corrected chi connectivity index (χ3v) is 4.98. The molecule has 4 rings (SSSR count). The number of hydrogen-bond donors (Lipinski definition) is 1.